The second kappa shape index (κ2) is 23.6. The minimum atomic E-state index is -1.22. The Morgan fingerprint density at radius 3 is 2.32 bits per heavy atom. The molecule has 0 aliphatic carbocycles. The molecule has 0 saturated carbocycles. The number of aromatic hydroxyl groups is 1. The van der Waals surface area contributed by atoms with E-state index in [1.165, 1.54) is 5.57 Å². The molecule has 382 valence electrons. The number of hydrogen-bond donors (Lipinski definition) is 3. The van der Waals surface area contributed by atoms with E-state index in [2.05, 4.69) is 34.5 Å². The normalized spacial score (nSPS) is 18.3. The standard InChI is InChI=1S/C57H64N6O9S/c1-7-46(38-12-9-8-10-13-38)52(39-17-23-43(64)24-18-39)40-19-25-45(26-20-40)70-29-27-62(6)50(66)14-11-28-69-30-31-71-49-33-48(72-61-49)51(36(2)3)55(67)63-34-44(65)32-47(63)54-59-56(68)57(5,60-54)42-21-15-41(16-22-42)53-37(4)58-35-73-53/h8-10,12-13,15-26,33,35-36,44,47,51,64-65H,7,11,14,27-32,34H2,1-6H3,(H,59,60,68)/b52-46+/t44-,47-,51+,57+/m1/s1. The van der Waals surface area contributed by atoms with E-state index >= 15 is 0 Å². The van der Waals surface area contributed by atoms with E-state index in [1.54, 1.807) is 58.8 Å². The minimum absolute atomic E-state index is 0.0155. The average Bonchev–Trinajstić information content (AvgIpc) is 4.20. The first-order valence-corrected chi connectivity index (χ1v) is 25.7. The molecule has 3 N–H and O–H groups in total. The topological polar surface area (TPSA) is 189 Å². The van der Waals surface area contributed by atoms with Crippen molar-refractivity contribution in [1.82, 2.24) is 25.3 Å². The van der Waals surface area contributed by atoms with E-state index in [0.717, 1.165) is 44.8 Å². The smallest absolute Gasteiger partial charge is 0.257 e. The molecule has 1 fully saturated rings. The number of rotatable bonds is 22. The van der Waals surface area contributed by atoms with Crippen LogP contribution in [-0.4, -0.2) is 112 Å². The molecule has 6 aromatic rings. The molecule has 8 rings (SSSR count). The summed E-state index contributed by atoms with van der Waals surface area (Å²) in [4.78, 5) is 54.3. The van der Waals surface area contributed by atoms with E-state index in [-0.39, 0.29) is 61.4 Å². The van der Waals surface area contributed by atoms with E-state index in [4.69, 9.17) is 23.7 Å². The fourth-order valence-corrected chi connectivity index (χ4v) is 10.2. The Hall–Kier alpha value is -7.14. The highest BCUT2D eigenvalue weighted by Gasteiger charge is 2.48. The van der Waals surface area contributed by atoms with Gasteiger partial charge >= 0.3 is 0 Å². The Balaban J connectivity index is 0.767. The summed E-state index contributed by atoms with van der Waals surface area (Å²) in [5, 5.41) is 27.8. The zero-order valence-electron chi connectivity index (χ0n) is 42.2. The number of aliphatic hydroxyl groups is 1. The van der Waals surface area contributed by atoms with Gasteiger partial charge in [0.05, 0.1) is 41.4 Å². The summed E-state index contributed by atoms with van der Waals surface area (Å²) < 4.78 is 23.3. The van der Waals surface area contributed by atoms with Gasteiger partial charge in [0.2, 0.25) is 11.8 Å². The van der Waals surface area contributed by atoms with Crippen molar-refractivity contribution in [1.29, 1.82) is 0 Å². The lowest BCUT2D eigenvalue weighted by molar-refractivity contribution is -0.134. The first kappa shape index (κ1) is 52.2. The lowest BCUT2D eigenvalue weighted by Crippen LogP contribution is -2.48. The number of thiazole rings is 1. The number of aliphatic hydroxyl groups excluding tert-OH is 1. The van der Waals surface area contributed by atoms with E-state index in [9.17, 15) is 24.6 Å². The zero-order valence-corrected chi connectivity index (χ0v) is 43.1. The molecule has 2 aromatic heterocycles. The largest absolute Gasteiger partial charge is 0.508 e. The molecule has 4 atom stereocenters. The first-order chi connectivity index (χ1) is 35.2. The van der Waals surface area contributed by atoms with Gasteiger partial charge in [-0.3, -0.25) is 14.4 Å². The van der Waals surface area contributed by atoms with Crippen LogP contribution in [0.25, 0.3) is 21.6 Å². The number of aryl methyl sites for hydroxylation is 1. The molecule has 1 saturated heterocycles. The van der Waals surface area contributed by atoms with Crippen molar-refractivity contribution in [2.24, 2.45) is 10.9 Å². The Morgan fingerprint density at radius 1 is 0.932 bits per heavy atom. The van der Waals surface area contributed by atoms with Crippen molar-refractivity contribution in [3.8, 4) is 27.8 Å². The number of β-amino-alcohol motifs (C(OH)–C–C–N with tert-alkyl or cyclic N) is 1. The number of ether oxygens (including phenoxy) is 3. The summed E-state index contributed by atoms with van der Waals surface area (Å²) in [5.41, 5.74) is 8.71. The number of allylic oxidation sites excluding steroid dienone is 1. The summed E-state index contributed by atoms with van der Waals surface area (Å²) in [5.74, 6) is 0.220. The van der Waals surface area contributed by atoms with E-state index in [0.29, 0.717) is 55.5 Å². The molecule has 16 heteroatoms. The number of phenolic OH excluding ortho intramolecular Hbond substituents is 1. The Kier molecular flexibility index (Phi) is 16.9. The Labute approximate surface area is 430 Å². The molecule has 4 heterocycles. The maximum atomic E-state index is 14.4. The molecule has 2 aliphatic heterocycles. The molecule has 3 amide bonds. The number of phenols is 1. The van der Waals surface area contributed by atoms with Crippen LogP contribution in [-0.2, 0) is 24.7 Å². The fraction of sp³-hybridized carbons (Fsp3) is 0.368. The summed E-state index contributed by atoms with van der Waals surface area (Å²) in [7, 11) is 1.76. The molecular weight excluding hydrogens is 945 g/mol. The number of likely N-dealkylation sites (tertiary alicyclic amines) is 1. The predicted molar refractivity (Wildman–Crippen MR) is 281 cm³/mol. The highest BCUT2D eigenvalue weighted by atomic mass is 32.1. The van der Waals surface area contributed by atoms with Gasteiger partial charge < -0.3 is 44.1 Å². The van der Waals surface area contributed by atoms with Gasteiger partial charge in [-0.1, -0.05) is 99.6 Å². The van der Waals surface area contributed by atoms with Crippen molar-refractivity contribution in [2.75, 3.05) is 46.6 Å². The van der Waals surface area contributed by atoms with E-state index in [1.807, 2.05) is 99.6 Å². The van der Waals surface area contributed by atoms with Gasteiger partial charge in [-0.15, -0.1) is 11.3 Å². The summed E-state index contributed by atoms with van der Waals surface area (Å²) in [6.07, 6.45) is 1.07. The quantitative estimate of drug-likeness (QED) is 0.0435. The number of likely N-dealkylation sites (N-methyl/N-ethyl adjacent to an activating group) is 1. The van der Waals surface area contributed by atoms with Gasteiger partial charge in [0.25, 0.3) is 11.8 Å². The SMILES string of the molecule is CC/C(=C(/c1ccc(O)cc1)c1ccc(OCCN(C)C(=O)CCCOCCOc2cc([C@@H](C(=O)N3C[C@H](O)C[C@@H]3C3=N[C@@](C)(c4ccc(-c5scnc5C)cc4)C(=O)N3)C(C)C)on2)cc1)c1ccccc1. The number of nitrogens with one attached hydrogen (secondary N) is 1. The van der Waals surface area contributed by atoms with Crippen LogP contribution in [0.5, 0.6) is 17.4 Å². The fourth-order valence-electron chi connectivity index (χ4n) is 9.43. The monoisotopic (exact) mass is 1010 g/mol. The number of benzene rings is 4. The first-order valence-electron chi connectivity index (χ1n) is 24.9. The maximum Gasteiger partial charge on any atom is 0.257 e. The number of amides is 3. The van der Waals surface area contributed by atoms with Crippen molar-refractivity contribution >= 4 is 46.0 Å². The lowest BCUT2D eigenvalue weighted by atomic mass is 9.88. The third-order valence-corrected chi connectivity index (χ3v) is 14.4. The van der Waals surface area contributed by atoms with Gasteiger partial charge in [0, 0.05) is 39.1 Å². The summed E-state index contributed by atoms with van der Waals surface area (Å²) in [6.45, 7) is 11.3. The van der Waals surface area contributed by atoms with Crippen LogP contribution in [0.15, 0.2) is 124 Å². The molecule has 73 heavy (non-hydrogen) atoms. The van der Waals surface area contributed by atoms with E-state index < -0.39 is 23.6 Å². The van der Waals surface area contributed by atoms with Gasteiger partial charge in [0.1, 0.15) is 36.5 Å². The van der Waals surface area contributed by atoms with Crippen molar-refractivity contribution in [3.63, 3.8) is 0 Å². The van der Waals surface area contributed by atoms with Crippen LogP contribution in [0, 0.1) is 12.8 Å². The number of nitrogens with zero attached hydrogens (tertiary/aromatic N) is 5. The van der Waals surface area contributed by atoms with Crippen molar-refractivity contribution < 1.29 is 43.3 Å². The second-order valence-electron chi connectivity index (χ2n) is 18.9. The molecule has 4 aromatic carbocycles. The molecular formula is C57H64N6O9S. The van der Waals surface area contributed by atoms with Crippen LogP contribution in [0.4, 0.5) is 0 Å². The van der Waals surface area contributed by atoms with Crippen LogP contribution in [0.3, 0.4) is 0 Å². The van der Waals surface area contributed by atoms with Crippen LogP contribution in [0.1, 0.15) is 93.0 Å². The number of aliphatic imine (C=N–C) groups is 1. The third-order valence-electron chi connectivity index (χ3n) is 13.5. The number of amidine groups is 1. The summed E-state index contributed by atoms with van der Waals surface area (Å²) >= 11 is 1.56. The molecule has 0 unspecified atom stereocenters. The van der Waals surface area contributed by atoms with Gasteiger partial charge in [-0.25, -0.2) is 9.98 Å². The predicted octanol–water partition coefficient (Wildman–Crippen LogP) is 9.04. The number of aromatic nitrogens is 2. The molecule has 15 nitrogen and oxygen atoms in total. The van der Waals surface area contributed by atoms with Crippen molar-refractivity contribution in [3.05, 3.63) is 148 Å². The number of carbonyl (C=O) groups excluding carboxylic acids is 3. The minimum Gasteiger partial charge on any atom is -0.508 e. The average molecular weight is 1010 g/mol. The number of carbonyl (C=O) groups is 3. The molecule has 2 aliphatic rings. The molecule has 0 radical (unpaired) electrons. The van der Waals surface area contributed by atoms with Crippen LogP contribution >= 0.6 is 11.3 Å². The van der Waals surface area contributed by atoms with Gasteiger partial charge in [-0.05, 0) is 101 Å². The Morgan fingerprint density at radius 2 is 1.64 bits per heavy atom. The Bertz CT molecular complexity index is 2900. The van der Waals surface area contributed by atoms with Gasteiger partial charge in [-0.2, -0.15) is 0 Å². The second-order valence-corrected chi connectivity index (χ2v) is 19.8. The molecule has 0 spiro atoms. The van der Waals surface area contributed by atoms with Crippen molar-refractivity contribution in [2.45, 2.75) is 83.9 Å². The summed E-state index contributed by atoms with van der Waals surface area (Å²) in [6, 6.07) is 34.2. The molecule has 0 bridgehead atoms. The van der Waals surface area contributed by atoms with Crippen LogP contribution < -0.4 is 14.8 Å². The highest BCUT2D eigenvalue weighted by molar-refractivity contribution is 7.13. The highest BCUT2D eigenvalue weighted by Crippen LogP contribution is 2.38. The van der Waals surface area contributed by atoms with Gasteiger partial charge in [0.15, 0.2) is 11.3 Å². The zero-order chi connectivity index (χ0) is 51.6. The van der Waals surface area contributed by atoms with Crippen LogP contribution in [0.2, 0.25) is 0 Å². The number of hydrogen-bond acceptors (Lipinski definition) is 13. The maximum absolute atomic E-state index is 14.4. The third kappa shape index (κ3) is 12.2. The lowest BCUT2D eigenvalue weighted by Gasteiger charge is -2.29.